The molecule has 0 saturated carbocycles. The number of benzene rings is 2. The van der Waals surface area contributed by atoms with Crippen LogP contribution in [0, 0.1) is 0 Å². The zero-order valence-electron chi connectivity index (χ0n) is 12.1. The van der Waals surface area contributed by atoms with Crippen molar-refractivity contribution >= 4 is 33.6 Å². The highest BCUT2D eigenvalue weighted by molar-refractivity contribution is 7.99. The van der Waals surface area contributed by atoms with E-state index >= 15 is 0 Å². The van der Waals surface area contributed by atoms with E-state index in [-0.39, 0.29) is 0 Å². The molecule has 0 amide bonds. The normalized spacial score (nSPS) is 11.5. The van der Waals surface area contributed by atoms with E-state index in [0.29, 0.717) is 0 Å². The largest absolute Gasteiger partial charge is 0.349 e. The molecule has 2 aromatic carbocycles. The highest BCUT2D eigenvalue weighted by Gasteiger charge is 2.11. The second-order valence-corrected chi connectivity index (χ2v) is 6.43. The van der Waals surface area contributed by atoms with E-state index in [2.05, 4.69) is 84.2 Å². The SMILES string of the molecule is Cn1cc(Sc2cn(C)c3ccccc23)c2ccccc21. The lowest BCUT2D eigenvalue weighted by atomic mass is 10.2. The first-order valence-electron chi connectivity index (χ1n) is 7.00. The van der Waals surface area contributed by atoms with Gasteiger partial charge in [-0.3, -0.25) is 0 Å². The first kappa shape index (κ1) is 12.6. The molecule has 21 heavy (non-hydrogen) atoms. The summed E-state index contributed by atoms with van der Waals surface area (Å²) in [5, 5.41) is 2.64. The molecule has 104 valence electrons. The Bertz CT molecular complexity index is 868. The number of rotatable bonds is 2. The number of para-hydroxylation sites is 2. The summed E-state index contributed by atoms with van der Waals surface area (Å²) >= 11 is 1.85. The fourth-order valence-electron chi connectivity index (χ4n) is 2.89. The number of aryl methyl sites for hydroxylation is 2. The number of nitrogens with zero attached hydrogens (tertiary/aromatic N) is 2. The number of fused-ring (bicyclic) bond motifs is 2. The molecule has 2 aromatic heterocycles. The van der Waals surface area contributed by atoms with Crippen LogP contribution in [0.4, 0.5) is 0 Å². The van der Waals surface area contributed by atoms with Crippen LogP contribution in [-0.4, -0.2) is 9.13 Å². The van der Waals surface area contributed by atoms with Crippen LogP contribution in [0.15, 0.2) is 70.7 Å². The summed E-state index contributed by atoms with van der Waals surface area (Å²) in [6.07, 6.45) is 4.44. The lowest BCUT2D eigenvalue weighted by molar-refractivity contribution is 0.954. The zero-order valence-corrected chi connectivity index (χ0v) is 12.9. The summed E-state index contributed by atoms with van der Waals surface area (Å²) in [6.45, 7) is 0. The molecule has 3 heteroatoms. The van der Waals surface area contributed by atoms with Gasteiger partial charge in [0.2, 0.25) is 0 Å². The molecule has 2 heterocycles. The predicted molar refractivity (Wildman–Crippen MR) is 90.0 cm³/mol. The van der Waals surface area contributed by atoms with Gasteiger partial charge < -0.3 is 9.13 Å². The zero-order chi connectivity index (χ0) is 14.4. The highest BCUT2D eigenvalue weighted by Crippen LogP contribution is 2.38. The minimum atomic E-state index is 1.28. The number of aromatic nitrogens is 2. The predicted octanol–water partition coefficient (Wildman–Crippen LogP) is 4.82. The van der Waals surface area contributed by atoms with E-state index in [0.717, 1.165) is 0 Å². The molecule has 0 unspecified atom stereocenters. The van der Waals surface area contributed by atoms with E-state index in [1.54, 1.807) is 0 Å². The summed E-state index contributed by atoms with van der Waals surface area (Å²) in [7, 11) is 4.21. The van der Waals surface area contributed by atoms with Gasteiger partial charge in [0.25, 0.3) is 0 Å². The average molecular weight is 292 g/mol. The van der Waals surface area contributed by atoms with Gasteiger partial charge in [-0.1, -0.05) is 48.2 Å². The lowest BCUT2D eigenvalue weighted by Gasteiger charge is -1.98. The summed E-state index contributed by atoms with van der Waals surface area (Å²) in [5.41, 5.74) is 2.56. The molecular formula is C18H16N2S. The van der Waals surface area contributed by atoms with Gasteiger partial charge in [-0.2, -0.15) is 0 Å². The third-order valence-corrected chi connectivity index (χ3v) is 5.03. The molecule has 0 aliphatic carbocycles. The van der Waals surface area contributed by atoms with Crippen molar-refractivity contribution in [3.8, 4) is 0 Å². The average Bonchev–Trinajstić information content (AvgIpc) is 3.00. The smallest absolute Gasteiger partial charge is 0.0489 e. The van der Waals surface area contributed by atoms with Gasteiger partial charge in [-0.25, -0.2) is 0 Å². The molecule has 4 aromatic rings. The molecule has 2 nitrogen and oxygen atoms in total. The summed E-state index contributed by atoms with van der Waals surface area (Å²) in [5.74, 6) is 0. The van der Waals surface area contributed by atoms with Crippen molar-refractivity contribution in [2.75, 3.05) is 0 Å². The minimum Gasteiger partial charge on any atom is -0.349 e. The molecule has 0 fully saturated rings. The molecule has 4 rings (SSSR count). The summed E-state index contributed by atoms with van der Waals surface area (Å²) in [6, 6.07) is 17.1. The van der Waals surface area contributed by atoms with Crippen LogP contribution in [-0.2, 0) is 14.1 Å². The molecule has 0 spiro atoms. The topological polar surface area (TPSA) is 9.86 Å². The number of hydrogen-bond acceptors (Lipinski definition) is 1. The van der Waals surface area contributed by atoms with Gasteiger partial charge in [-0.15, -0.1) is 0 Å². The lowest BCUT2D eigenvalue weighted by Crippen LogP contribution is -1.81. The van der Waals surface area contributed by atoms with Crippen molar-refractivity contribution in [1.29, 1.82) is 0 Å². The van der Waals surface area contributed by atoms with Gasteiger partial charge in [0, 0.05) is 58.1 Å². The fraction of sp³-hybridized carbons (Fsp3) is 0.111. The fourth-order valence-corrected chi connectivity index (χ4v) is 4.11. The van der Waals surface area contributed by atoms with Crippen molar-refractivity contribution < 1.29 is 0 Å². The standard InChI is InChI=1S/C18H16N2S/c1-19-11-17(13-7-3-5-9-15(13)19)21-18-12-20(2)16-10-6-4-8-14(16)18/h3-12H,1-2H3. The van der Waals surface area contributed by atoms with Crippen LogP contribution in [0.1, 0.15) is 0 Å². The van der Waals surface area contributed by atoms with Crippen LogP contribution >= 0.6 is 11.8 Å². The van der Waals surface area contributed by atoms with E-state index in [4.69, 9.17) is 0 Å². The molecule has 0 aliphatic heterocycles. The van der Waals surface area contributed by atoms with Crippen LogP contribution in [0.25, 0.3) is 21.8 Å². The van der Waals surface area contributed by atoms with Gasteiger partial charge in [0.15, 0.2) is 0 Å². The maximum absolute atomic E-state index is 2.22. The Labute approximate surface area is 128 Å². The van der Waals surface area contributed by atoms with Gasteiger partial charge >= 0.3 is 0 Å². The van der Waals surface area contributed by atoms with Gasteiger partial charge in [0.05, 0.1) is 0 Å². The minimum absolute atomic E-state index is 1.28. The molecular weight excluding hydrogens is 276 g/mol. The quantitative estimate of drug-likeness (QED) is 0.515. The van der Waals surface area contributed by atoms with Gasteiger partial charge in [-0.05, 0) is 12.1 Å². The summed E-state index contributed by atoms with van der Waals surface area (Å²) in [4.78, 5) is 2.62. The third kappa shape index (κ3) is 1.96. The van der Waals surface area contributed by atoms with Crippen molar-refractivity contribution in [2.45, 2.75) is 9.79 Å². The van der Waals surface area contributed by atoms with Crippen LogP contribution in [0.2, 0.25) is 0 Å². The second-order valence-electron chi connectivity index (χ2n) is 5.34. The number of hydrogen-bond donors (Lipinski definition) is 0. The summed E-state index contributed by atoms with van der Waals surface area (Å²) < 4.78 is 4.39. The maximum Gasteiger partial charge on any atom is 0.0489 e. The Kier molecular flexibility index (Phi) is 2.82. The van der Waals surface area contributed by atoms with E-state index in [9.17, 15) is 0 Å². The molecule has 0 radical (unpaired) electrons. The Balaban J connectivity index is 1.87. The van der Waals surface area contributed by atoms with Crippen molar-refractivity contribution in [3.05, 3.63) is 60.9 Å². The van der Waals surface area contributed by atoms with Gasteiger partial charge in [0.1, 0.15) is 0 Å². The van der Waals surface area contributed by atoms with Crippen molar-refractivity contribution in [2.24, 2.45) is 14.1 Å². The van der Waals surface area contributed by atoms with Crippen LogP contribution in [0.5, 0.6) is 0 Å². The maximum atomic E-state index is 2.22. The first-order chi connectivity index (χ1) is 10.2. The van der Waals surface area contributed by atoms with E-state index < -0.39 is 0 Å². The Morgan fingerprint density at radius 2 is 1.10 bits per heavy atom. The Morgan fingerprint density at radius 1 is 0.667 bits per heavy atom. The Hall–Kier alpha value is -2.13. The Morgan fingerprint density at radius 3 is 1.57 bits per heavy atom. The van der Waals surface area contributed by atoms with Crippen molar-refractivity contribution in [1.82, 2.24) is 9.13 Å². The highest BCUT2D eigenvalue weighted by atomic mass is 32.2. The first-order valence-corrected chi connectivity index (χ1v) is 7.81. The molecule has 0 N–H and O–H groups in total. The molecule has 0 aliphatic rings. The second kappa shape index (κ2) is 4.71. The van der Waals surface area contributed by atoms with Crippen LogP contribution in [0.3, 0.4) is 0 Å². The van der Waals surface area contributed by atoms with Crippen molar-refractivity contribution in [3.63, 3.8) is 0 Å². The monoisotopic (exact) mass is 292 g/mol. The van der Waals surface area contributed by atoms with E-state index in [1.807, 2.05) is 11.8 Å². The molecule has 0 saturated heterocycles. The van der Waals surface area contributed by atoms with Crippen LogP contribution < -0.4 is 0 Å². The van der Waals surface area contributed by atoms with E-state index in [1.165, 1.54) is 31.6 Å². The third-order valence-electron chi connectivity index (χ3n) is 3.94. The molecule has 0 bridgehead atoms. The molecule has 0 atom stereocenters.